The molecule has 7 nitrogen and oxygen atoms in total. The Morgan fingerprint density at radius 1 is 1.12 bits per heavy atom. The van der Waals surface area contributed by atoms with Crippen LogP contribution in [0.15, 0.2) is 47.1 Å². The predicted molar refractivity (Wildman–Crippen MR) is 92.4 cm³/mol. The zero-order valence-corrected chi connectivity index (χ0v) is 13.7. The third-order valence-corrected chi connectivity index (χ3v) is 4.36. The summed E-state index contributed by atoms with van der Waals surface area (Å²) < 4.78 is 10.8. The largest absolute Gasteiger partial charge is 0.439 e. The Labute approximate surface area is 144 Å². The van der Waals surface area contributed by atoms with Crippen molar-refractivity contribution in [2.45, 2.75) is 6.54 Å². The van der Waals surface area contributed by atoms with Crippen LogP contribution in [-0.4, -0.2) is 47.5 Å². The second-order valence-electron chi connectivity index (χ2n) is 5.89. The highest BCUT2D eigenvalue weighted by Gasteiger charge is 2.20. The van der Waals surface area contributed by atoms with Gasteiger partial charge in [0.1, 0.15) is 0 Å². The van der Waals surface area contributed by atoms with Gasteiger partial charge in [-0.25, -0.2) is 4.98 Å². The van der Waals surface area contributed by atoms with Crippen molar-refractivity contribution >= 4 is 23.3 Å². The molecule has 0 radical (unpaired) electrons. The van der Waals surface area contributed by atoms with Crippen molar-refractivity contribution in [1.82, 2.24) is 14.9 Å². The smallest absolute Gasteiger partial charge is 0.298 e. The van der Waals surface area contributed by atoms with Crippen molar-refractivity contribution in [3.05, 3.63) is 48.6 Å². The van der Waals surface area contributed by atoms with Crippen molar-refractivity contribution in [1.29, 1.82) is 0 Å². The van der Waals surface area contributed by atoms with Gasteiger partial charge in [0, 0.05) is 44.3 Å². The molecule has 0 N–H and O–H groups in total. The molecule has 1 saturated heterocycles. The van der Waals surface area contributed by atoms with Gasteiger partial charge in [-0.3, -0.25) is 14.7 Å². The highest BCUT2D eigenvalue weighted by atomic mass is 16.5. The van der Waals surface area contributed by atoms with Gasteiger partial charge in [0.2, 0.25) is 5.89 Å². The number of nitrogens with zero attached hydrogens (tertiary/aromatic N) is 4. The normalized spacial score (nSPS) is 15.4. The number of aromatic nitrogens is 2. The topological polar surface area (TPSA) is 71.7 Å². The molecule has 1 fully saturated rings. The molecule has 3 aromatic rings. The minimum absolute atomic E-state index is 0.404. The molecule has 0 spiro atoms. The number of oxazole rings is 1. The lowest BCUT2D eigenvalue weighted by atomic mass is 10.2. The number of fused-ring (bicyclic) bond motifs is 1. The van der Waals surface area contributed by atoms with Gasteiger partial charge in [0.05, 0.1) is 6.54 Å². The number of pyridine rings is 1. The van der Waals surface area contributed by atoms with E-state index in [1.54, 1.807) is 12.1 Å². The minimum Gasteiger partial charge on any atom is -0.439 e. The summed E-state index contributed by atoms with van der Waals surface area (Å²) in [6.45, 7) is 4.80. The lowest BCUT2D eigenvalue weighted by molar-refractivity contribution is -0.120. The lowest BCUT2D eigenvalue weighted by Gasteiger charge is -2.35. The summed E-state index contributed by atoms with van der Waals surface area (Å²) in [5.41, 5.74) is 2.41. The third-order valence-electron chi connectivity index (χ3n) is 4.36. The van der Waals surface area contributed by atoms with Crippen LogP contribution in [0.2, 0.25) is 0 Å². The monoisotopic (exact) mass is 338 g/mol. The van der Waals surface area contributed by atoms with Crippen LogP contribution in [0.1, 0.15) is 5.89 Å². The zero-order valence-electron chi connectivity index (χ0n) is 13.7. The Bertz CT molecular complexity index is 857. The van der Waals surface area contributed by atoms with E-state index in [4.69, 9.17) is 9.15 Å². The van der Waals surface area contributed by atoms with E-state index in [9.17, 15) is 4.79 Å². The number of rotatable bonds is 5. The van der Waals surface area contributed by atoms with E-state index in [2.05, 4.69) is 19.8 Å². The molecular weight excluding hydrogens is 320 g/mol. The fraction of sp³-hybridized carbons (Fsp3) is 0.278. The van der Waals surface area contributed by atoms with Crippen molar-refractivity contribution in [2.24, 2.45) is 0 Å². The molecule has 7 heteroatoms. The van der Waals surface area contributed by atoms with E-state index in [0.29, 0.717) is 35.8 Å². The van der Waals surface area contributed by atoms with Crippen LogP contribution in [0.5, 0.6) is 5.75 Å². The van der Waals surface area contributed by atoms with E-state index in [1.807, 2.05) is 30.6 Å². The van der Waals surface area contributed by atoms with Gasteiger partial charge < -0.3 is 14.1 Å². The van der Waals surface area contributed by atoms with Gasteiger partial charge in [-0.2, -0.15) is 0 Å². The molecule has 25 heavy (non-hydrogen) atoms. The van der Waals surface area contributed by atoms with Crippen LogP contribution in [-0.2, 0) is 11.3 Å². The Hall–Kier alpha value is -2.93. The number of hydrogen-bond acceptors (Lipinski definition) is 7. The van der Waals surface area contributed by atoms with Crippen LogP contribution < -0.4 is 9.64 Å². The maximum absolute atomic E-state index is 10.6. The van der Waals surface area contributed by atoms with E-state index >= 15 is 0 Å². The molecule has 0 saturated carbocycles. The number of carbonyl (C=O) groups excluding carboxylic acids is 1. The minimum atomic E-state index is 0.404. The van der Waals surface area contributed by atoms with Crippen LogP contribution in [0.3, 0.4) is 0 Å². The second-order valence-corrected chi connectivity index (χ2v) is 5.89. The van der Waals surface area contributed by atoms with Crippen LogP contribution >= 0.6 is 0 Å². The quantitative estimate of drug-likeness (QED) is 0.660. The maximum atomic E-state index is 10.6. The predicted octanol–water partition coefficient (Wildman–Crippen LogP) is 2.08. The Kier molecular flexibility index (Phi) is 4.30. The van der Waals surface area contributed by atoms with Gasteiger partial charge in [-0.15, -0.1) is 0 Å². The number of anilines is 1. The van der Waals surface area contributed by atoms with E-state index in [-0.39, 0.29) is 0 Å². The molecular formula is C18H18N4O3. The molecule has 1 aliphatic heterocycles. The highest BCUT2D eigenvalue weighted by Crippen LogP contribution is 2.26. The van der Waals surface area contributed by atoms with Crippen molar-refractivity contribution in [2.75, 3.05) is 31.1 Å². The van der Waals surface area contributed by atoms with E-state index in [1.165, 1.54) is 5.69 Å². The Morgan fingerprint density at radius 3 is 2.68 bits per heavy atom. The number of ether oxygens (including phenoxy) is 1. The molecule has 1 aromatic carbocycles. The first kappa shape index (κ1) is 15.6. The van der Waals surface area contributed by atoms with Crippen molar-refractivity contribution in [3.8, 4) is 5.75 Å². The lowest BCUT2D eigenvalue weighted by Crippen LogP contribution is -2.46. The SMILES string of the molecule is O=COc1cccc2oc(CN3CCN(c4ccncc4)CC3)nc12. The molecule has 3 heterocycles. The highest BCUT2D eigenvalue weighted by molar-refractivity contribution is 5.80. The van der Waals surface area contributed by atoms with E-state index in [0.717, 1.165) is 26.2 Å². The van der Waals surface area contributed by atoms with E-state index < -0.39 is 0 Å². The van der Waals surface area contributed by atoms with Gasteiger partial charge in [-0.1, -0.05) is 6.07 Å². The molecule has 4 rings (SSSR count). The average molecular weight is 338 g/mol. The fourth-order valence-corrected chi connectivity index (χ4v) is 3.09. The number of benzene rings is 1. The number of carbonyl (C=O) groups is 1. The average Bonchev–Trinajstić information content (AvgIpc) is 3.07. The summed E-state index contributed by atoms with van der Waals surface area (Å²) in [5, 5.41) is 0. The molecule has 0 atom stereocenters. The second kappa shape index (κ2) is 6.90. The molecule has 2 aromatic heterocycles. The maximum Gasteiger partial charge on any atom is 0.298 e. The standard InChI is InChI=1S/C18H18N4O3/c23-13-24-15-2-1-3-16-18(15)20-17(25-16)12-21-8-10-22(11-9-21)14-4-6-19-7-5-14/h1-7,13H,8-12H2. The van der Waals surface area contributed by atoms with Crippen LogP contribution in [0.25, 0.3) is 11.1 Å². The Morgan fingerprint density at radius 2 is 1.92 bits per heavy atom. The first-order valence-electron chi connectivity index (χ1n) is 8.19. The number of hydrogen-bond donors (Lipinski definition) is 0. The van der Waals surface area contributed by atoms with Crippen LogP contribution in [0.4, 0.5) is 5.69 Å². The number of para-hydroxylation sites is 1. The molecule has 1 aliphatic rings. The summed E-state index contributed by atoms with van der Waals surface area (Å²) in [4.78, 5) is 23.8. The summed E-state index contributed by atoms with van der Waals surface area (Å²) >= 11 is 0. The fourth-order valence-electron chi connectivity index (χ4n) is 3.09. The summed E-state index contributed by atoms with van der Waals surface area (Å²) in [7, 11) is 0. The van der Waals surface area contributed by atoms with Gasteiger partial charge in [-0.05, 0) is 24.3 Å². The Balaban J connectivity index is 1.42. The van der Waals surface area contributed by atoms with Crippen molar-refractivity contribution < 1.29 is 13.9 Å². The van der Waals surface area contributed by atoms with Gasteiger partial charge in [0.15, 0.2) is 16.8 Å². The first-order chi connectivity index (χ1) is 12.3. The number of piperazine rings is 1. The molecule has 128 valence electrons. The van der Waals surface area contributed by atoms with Gasteiger partial charge >= 0.3 is 0 Å². The summed E-state index contributed by atoms with van der Waals surface area (Å²) in [6.07, 6.45) is 3.64. The van der Waals surface area contributed by atoms with Crippen LogP contribution in [0, 0.1) is 0 Å². The first-order valence-corrected chi connectivity index (χ1v) is 8.19. The van der Waals surface area contributed by atoms with Crippen molar-refractivity contribution in [3.63, 3.8) is 0 Å². The molecule has 0 bridgehead atoms. The zero-order chi connectivity index (χ0) is 17.1. The summed E-state index contributed by atoms with van der Waals surface area (Å²) in [6, 6.07) is 9.38. The molecule has 0 aliphatic carbocycles. The van der Waals surface area contributed by atoms with Gasteiger partial charge in [0.25, 0.3) is 6.47 Å². The molecule has 0 amide bonds. The third kappa shape index (κ3) is 3.32. The molecule has 0 unspecified atom stereocenters. The summed E-state index contributed by atoms with van der Waals surface area (Å²) in [5.74, 6) is 1.05.